The quantitative estimate of drug-likeness (QED) is 0.518. The van der Waals surface area contributed by atoms with Crippen molar-refractivity contribution in [1.29, 1.82) is 0 Å². The molecule has 1 heterocycles. The van der Waals surface area contributed by atoms with Crippen molar-refractivity contribution in [1.82, 2.24) is 4.98 Å². The number of fused-ring (bicyclic) bond motifs is 1. The first kappa shape index (κ1) is 12.8. The first-order chi connectivity index (χ1) is 9.13. The van der Waals surface area contributed by atoms with E-state index in [1.54, 1.807) is 24.4 Å². The van der Waals surface area contributed by atoms with Crippen molar-refractivity contribution in [2.45, 2.75) is 19.4 Å². The number of nitro benzene ring substituents is 1. The molecule has 0 spiro atoms. The van der Waals surface area contributed by atoms with Gasteiger partial charge in [0.2, 0.25) is 0 Å². The maximum atomic E-state index is 11.0. The molecular weight excluding hydrogens is 242 g/mol. The van der Waals surface area contributed by atoms with Crippen LogP contribution in [-0.4, -0.2) is 15.9 Å². The van der Waals surface area contributed by atoms with E-state index in [0.29, 0.717) is 11.9 Å². The first-order valence-electron chi connectivity index (χ1n) is 5.85. The van der Waals surface area contributed by atoms with Crippen molar-refractivity contribution in [2.75, 3.05) is 5.32 Å². The Morgan fingerprint density at radius 2 is 2.32 bits per heavy atom. The summed E-state index contributed by atoms with van der Waals surface area (Å²) in [5, 5.41) is 14.9. The second-order valence-corrected chi connectivity index (χ2v) is 4.24. The summed E-state index contributed by atoms with van der Waals surface area (Å²) in [6.07, 6.45) is 7.41. The van der Waals surface area contributed by atoms with Gasteiger partial charge in [0.05, 0.1) is 4.92 Å². The number of pyridine rings is 1. The fraction of sp³-hybridized carbons (Fsp3) is 0.214. The van der Waals surface area contributed by atoms with Crippen molar-refractivity contribution in [3.8, 4) is 12.3 Å². The lowest BCUT2D eigenvalue weighted by molar-refractivity contribution is -0.383. The third-order valence-corrected chi connectivity index (χ3v) is 2.77. The van der Waals surface area contributed by atoms with Crippen LogP contribution in [0.15, 0.2) is 30.5 Å². The molecule has 2 aromatic rings. The molecule has 1 N–H and O–H groups in total. The van der Waals surface area contributed by atoms with E-state index >= 15 is 0 Å². The average molecular weight is 255 g/mol. The Morgan fingerprint density at radius 3 is 3.00 bits per heavy atom. The van der Waals surface area contributed by atoms with Gasteiger partial charge >= 0.3 is 0 Å². The van der Waals surface area contributed by atoms with Gasteiger partial charge in [-0.25, -0.2) is 4.98 Å². The van der Waals surface area contributed by atoms with Crippen LogP contribution in [0.5, 0.6) is 0 Å². The Labute approximate surface area is 110 Å². The van der Waals surface area contributed by atoms with E-state index in [1.165, 1.54) is 6.07 Å². The summed E-state index contributed by atoms with van der Waals surface area (Å²) < 4.78 is 0. The first-order valence-corrected chi connectivity index (χ1v) is 5.85. The van der Waals surface area contributed by atoms with Gasteiger partial charge in [0, 0.05) is 35.8 Å². The molecule has 2 rings (SSSR count). The summed E-state index contributed by atoms with van der Waals surface area (Å²) in [5.41, 5.74) is 1.19. The van der Waals surface area contributed by atoms with E-state index in [4.69, 9.17) is 6.42 Å². The Morgan fingerprint density at radius 1 is 1.53 bits per heavy atom. The number of nitro groups is 1. The zero-order valence-corrected chi connectivity index (χ0v) is 10.5. The number of nitrogens with zero attached hydrogens (tertiary/aromatic N) is 2. The average Bonchev–Trinajstić information content (AvgIpc) is 2.38. The number of benzene rings is 1. The van der Waals surface area contributed by atoms with Crippen molar-refractivity contribution < 1.29 is 4.92 Å². The summed E-state index contributed by atoms with van der Waals surface area (Å²) in [7, 11) is 0. The molecule has 1 aromatic heterocycles. The molecule has 96 valence electrons. The molecule has 0 fully saturated rings. The van der Waals surface area contributed by atoms with Gasteiger partial charge in [0.25, 0.3) is 5.69 Å². The highest BCUT2D eigenvalue weighted by atomic mass is 16.6. The van der Waals surface area contributed by atoms with Gasteiger partial charge in [-0.05, 0) is 13.0 Å². The number of nitrogens with one attached hydrogen (secondary N) is 1. The molecule has 0 saturated carbocycles. The van der Waals surface area contributed by atoms with Gasteiger partial charge in [-0.15, -0.1) is 12.3 Å². The van der Waals surface area contributed by atoms with Crippen molar-refractivity contribution in [2.24, 2.45) is 0 Å². The number of non-ortho nitro benzene ring substituents is 1. The Bertz CT molecular complexity index is 661. The maximum absolute atomic E-state index is 11.0. The van der Waals surface area contributed by atoms with Crippen LogP contribution < -0.4 is 5.32 Å². The van der Waals surface area contributed by atoms with Gasteiger partial charge in [0.1, 0.15) is 5.52 Å². The standard InChI is InChI=1S/C14H13N3O2/c1-3-5-10(2)16-12-8-9-15-14-11(12)6-4-7-13(14)17(18)19/h1,4,6-10H,5H2,2H3,(H,15,16). The monoisotopic (exact) mass is 255 g/mol. The van der Waals surface area contributed by atoms with Gasteiger partial charge in [-0.1, -0.05) is 12.1 Å². The molecule has 19 heavy (non-hydrogen) atoms. The summed E-state index contributed by atoms with van der Waals surface area (Å²) in [5.74, 6) is 2.58. The molecule has 0 radical (unpaired) electrons. The molecule has 0 amide bonds. The second-order valence-electron chi connectivity index (χ2n) is 4.24. The topological polar surface area (TPSA) is 68.1 Å². The Balaban J connectivity index is 2.49. The van der Waals surface area contributed by atoms with Gasteiger partial charge < -0.3 is 5.32 Å². The van der Waals surface area contributed by atoms with E-state index in [-0.39, 0.29) is 11.7 Å². The molecule has 0 saturated heterocycles. The zero-order valence-electron chi connectivity index (χ0n) is 10.5. The number of para-hydroxylation sites is 1. The molecule has 0 aliphatic heterocycles. The number of anilines is 1. The van der Waals surface area contributed by atoms with Crippen LogP contribution in [-0.2, 0) is 0 Å². The minimum atomic E-state index is -0.427. The maximum Gasteiger partial charge on any atom is 0.295 e. The van der Waals surface area contributed by atoms with E-state index in [2.05, 4.69) is 16.2 Å². The van der Waals surface area contributed by atoms with E-state index in [1.807, 2.05) is 6.92 Å². The molecule has 1 atom stereocenters. The van der Waals surface area contributed by atoms with Crippen molar-refractivity contribution in [3.05, 3.63) is 40.6 Å². The van der Waals surface area contributed by atoms with Crippen LogP contribution in [0.3, 0.4) is 0 Å². The molecule has 0 aliphatic carbocycles. The summed E-state index contributed by atoms with van der Waals surface area (Å²) in [4.78, 5) is 14.6. The lowest BCUT2D eigenvalue weighted by Gasteiger charge is -2.14. The predicted molar refractivity (Wildman–Crippen MR) is 74.9 cm³/mol. The summed E-state index contributed by atoms with van der Waals surface area (Å²) >= 11 is 0. The van der Waals surface area contributed by atoms with Gasteiger partial charge in [0.15, 0.2) is 0 Å². The van der Waals surface area contributed by atoms with Crippen LogP contribution in [0.4, 0.5) is 11.4 Å². The number of hydrogen-bond donors (Lipinski definition) is 1. The highest BCUT2D eigenvalue weighted by molar-refractivity contribution is 5.96. The van der Waals surface area contributed by atoms with Crippen LogP contribution in [0.2, 0.25) is 0 Å². The zero-order chi connectivity index (χ0) is 13.8. The molecule has 1 aromatic carbocycles. The Hall–Kier alpha value is -2.61. The fourth-order valence-electron chi connectivity index (χ4n) is 1.93. The number of aromatic nitrogens is 1. The van der Waals surface area contributed by atoms with E-state index in [9.17, 15) is 10.1 Å². The SMILES string of the molecule is C#CCC(C)Nc1ccnc2c([N+](=O)[O-])cccc12. The van der Waals surface area contributed by atoms with Crippen LogP contribution >= 0.6 is 0 Å². The van der Waals surface area contributed by atoms with E-state index in [0.717, 1.165) is 11.1 Å². The highest BCUT2D eigenvalue weighted by Gasteiger charge is 2.14. The fourth-order valence-corrected chi connectivity index (χ4v) is 1.93. The molecule has 0 aliphatic rings. The largest absolute Gasteiger partial charge is 0.381 e. The molecule has 5 heteroatoms. The van der Waals surface area contributed by atoms with Crippen LogP contribution in [0, 0.1) is 22.5 Å². The van der Waals surface area contributed by atoms with Gasteiger partial charge in [-0.3, -0.25) is 10.1 Å². The van der Waals surface area contributed by atoms with Gasteiger partial charge in [-0.2, -0.15) is 0 Å². The lowest BCUT2D eigenvalue weighted by Crippen LogP contribution is -2.14. The number of hydrogen-bond acceptors (Lipinski definition) is 4. The molecule has 0 bridgehead atoms. The predicted octanol–water partition coefficient (Wildman–Crippen LogP) is 2.97. The molecule has 5 nitrogen and oxygen atoms in total. The third-order valence-electron chi connectivity index (χ3n) is 2.77. The minimum Gasteiger partial charge on any atom is -0.381 e. The number of terminal acetylenes is 1. The molecule has 1 unspecified atom stereocenters. The second kappa shape index (κ2) is 5.36. The summed E-state index contributed by atoms with van der Waals surface area (Å²) in [6, 6.07) is 6.79. The number of rotatable bonds is 4. The summed E-state index contributed by atoms with van der Waals surface area (Å²) in [6.45, 7) is 1.96. The lowest BCUT2D eigenvalue weighted by atomic mass is 10.1. The van der Waals surface area contributed by atoms with E-state index < -0.39 is 4.92 Å². The molecular formula is C14H13N3O2. The van der Waals surface area contributed by atoms with Crippen molar-refractivity contribution >= 4 is 22.3 Å². The third kappa shape index (κ3) is 2.63. The van der Waals surface area contributed by atoms with Crippen LogP contribution in [0.1, 0.15) is 13.3 Å². The minimum absolute atomic E-state index is 0.00533. The highest BCUT2D eigenvalue weighted by Crippen LogP contribution is 2.28. The van der Waals surface area contributed by atoms with Crippen LogP contribution in [0.25, 0.3) is 10.9 Å². The Kier molecular flexibility index (Phi) is 3.62. The van der Waals surface area contributed by atoms with Crippen molar-refractivity contribution in [3.63, 3.8) is 0 Å². The normalized spacial score (nSPS) is 11.8. The smallest absolute Gasteiger partial charge is 0.295 e.